The fourth-order valence-electron chi connectivity index (χ4n) is 7.07. The minimum atomic E-state index is -3.66. The summed E-state index contributed by atoms with van der Waals surface area (Å²) < 4.78 is 89.8. The Labute approximate surface area is 402 Å². The van der Waals surface area contributed by atoms with Crippen molar-refractivity contribution in [1.82, 2.24) is 39.5 Å². The van der Waals surface area contributed by atoms with E-state index in [4.69, 9.17) is 51.0 Å². The zero-order valence-electron chi connectivity index (χ0n) is 37.6. The lowest BCUT2D eigenvalue weighted by Crippen LogP contribution is -2.24. The van der Waals surface area contributed by atoms with E-state index in [9.17, 15) is 16.8 Å². The zero-order valence-corrected chi connectivity index (χ0v) is 40.8. The second-order valence-electron chi connectivity index (χ2n) is 15.1. The van der Waals surface area contributed by atoms with Crippen LogP contribution in [0.4, 0.5) is 0 Å². The van der Waals surface area contributed by atoms with Gasteiger partial charge in [0, 0.05) is 36.6 Å². The van der Waals surface area contributed by atoms with E-state index in [0.717, 1.165) is 0 Å². The largest absolute Gasteiger partial charge is 0.494 e. The van der Waals surface area contributed by atoms with E-state index in [1.165, 1.54) is 53.4 Å². The molecule has 2 aromatic carbocycles. The molecule has 2 atom stereocenters. The van der Waals surface area contributed by atoms with Crippen LogP contribution >= 0.6 is 23.2 Å². The first kappa shape index (κ1) is 49.2. The number of furan rings is 2. The molecular formula is C46H46Cl2N8O10S2. The quantitative estimate of drug-likeness (QED) is 0.0789. The summed E-state index contributed by atoms with van der Waals surface area (Å²) in [6.45, 7) is 3.28. The van der Waals surface area contributed by atoms with Crippen LogP contribution in [0.5, 0.6) is 23.0 Å². The summed E-state index contributed by atoms with van der Waals surface area (Å²) in [6.07, 6.45) is 6.47. The molecular weight excluding hydrogens is 960 g/mol. The Balaban J connectivity index is 0.000000201. The summed E-state index contributed by atoms with van der Waals surface area (Å²) in [4.78, 5) is 8.42. The first-order chi connectivity index (χ1) is 32.7. The van der Waals surface area contributed by atoms with Gasteiger partial charge < -0.3 is 27.8 Å². The van der Waals surface area contributed by atoms with Gasteiger partial charge in [0.05, 0.1) is 61.5 Å². The number of pyridine rings is 2. The van der Waals surface area contributed by atoms with Gasteiger partial charge in [0.25, 0.3) is 0 Å². The van der Waals surface area contributed by atoms with Gasteiger partial charge in [-0.25, -0.2) is 16.8 Å². The SMILES string of the molecule is COc1cccc(OC)c1-n1c(CS(=O)(=O)[C@@H](C)Cc2ccc(Cl)cn2)nnc1-c1ccco1.COc1cccc(OC)c1-n1c(CS(=O)(=O)[C@H](C)Cc2ccc(Cl)cn2)nnc1-c1ccco1. The number of halogens is 2. The number of benzene rings is 2. The Bertz CT molecular complexity index is 2910. The summed E-state index contributed by atoms with van der Waals surface area (Å²) in [6, 6.07) is 24.2. The van der Waals surface area contributed by atoms with Gasteiger partial charge in [-0.2, -0.15) is 0 Å². The molecule has 0 saturated heterocycles. The van der Waals surface area contributed by atoms with Crippen molar-refractivity contribution in [2.75, 3.05) is 28.4 Å². The standard InChI is InChI=1S/2C23H23ClN4O5S/c2*1-15(12-17-10-9-16(24)13-25-17)34(29,30)14-21-26-27-23(20-8-5-11-33-20)28(21)22-18(31-2)6-4-7-19(22)32-3/h2*4-11,13,15H,12,14H2,1-3H3/t2*15-/m10/s1. The van der Waals surface area contributed by atoms with Crippen LogP contribution in [0.1, 0.15) is 36.9 Å². The van der Waals surface area contributed by atoms with Crippen LogP contribution in [0.3, 0.4) is 0 Å². The lowest BCUT2D eigenvalue weighted by molar-refractivity contribution is 0.390. The van der Waals surface area contributed by atoms with E-state index >= 15 is 0 Å². The van der Waals surface area contributed by atoms with Crippen LogP contribution in [0.25, 0.3) is 34.5 Å². The predicted molar refractivity (Wildman–Crippen MR) is 254 cm³/mol. The van der Waals surface area contributed by atoms with Crippen LogP contribution in [-0.2, 0) is 44.0 Å². The number of aromatic nitrogens is 8. The van der Waals surface area contributed by atoms with Crippen LogP contribution in [0, 0.1) is 0 Å². The molecule has 0 amide bonds. The van der Waals surface area contributed by atoms with Crippen LogP contribution < -0.4 is 18.9 Å². The third-order valence-electron chi connectivity index (χ3n) is 10.7. The summed E-state index contributed by atoms with van der Waals surface area (Å²) >= 11 is 11.8. The molecule has 18 nitrogen and oxygen atoms in total. The summed E-state index contributed by atoms with van der Waals surface area (Å²) in [5.41, 5.74) is 2.21. The van der Waals surface area contributed by atoms with Gasteiger partial charge in [0.1, 0.15) is 45.9 Å². The number of hydrogen-bond donors (Lipinski definition) is 0. The molecule has 0 aliphatic heterocycles. The Morgan fingerprint density at radius 3 is 1.19 bits per heavy atom. The molecule has 68 heavy (non-hydrogen) atoms. The highest BCUT2D eigenvalue weighted by Crippen LogP contribution is 2.38. The van der Waals surface area contributed by atoms with E-state index in [-0.39, 0.29) is 36.0 Å². The van der Waals surface area contributed by atoms with E-state index < -0.39 is 30.2 Å². The van der Waals surface area contributed by atoms with Gasteiger partial charge in [-0.05, 0) is 86.6 Å². The molecule has 8 rings (SSSR count). The third kappa shape index (κ3) is 11.0. The minimum Gasteiger partial charge on any atom is -0.494 e. The number of sulfone groups is 2. The zero-order chi connectivity index (χ0) is 48.6. The highest BCUT2D eigenvalue weighted by molar-refractivity contribution is 7.91. The smallest absolute Gasteiger partial charge is 0.204 e. The Morgan fingerprint density at radius 1 is 0.529 bits per heavy atom. The van der Waals surface area contributed by atoms with E-state index in [1.807, 2.05) is 0 Å². The number of rotatable bonds is 18. The summed E-state index contributed by atoms with van der Waals surface area (Å²) in [7, 11) is -1.23. The molecule has 0 aliphatic rings. The first-order valence-corrected chi connectivity index (χ1v) is 24.9. The summed E-state index contributed by atoms with van der Waals surface area (Å²) in [5, 5.41) is 16.4. The van der Waals surface area contributed by atoms with Crippen LogP contribution in [0.15, 0.2) is 119 Å². The summed E-state index contributed by atoms with van der Waals surface area (Å²) in [5.74, 6) is 3.00. The van der Waals surface area contributed by atoms with Crippen molar-refractivity contribution >= 4 is 42.9 Å². The molecule has 0 saturated carbocycles. The normalized spacial score (nSPS) is 12.5. The highest BCUT2D eigenvalue weighted by atomic mass is 35.5. The van der Waals surface area contributed by atoms with Crippen molar-refractivity contribution < 1.29 is 44.6 Å². The molecule has 22 heteroatoms. The van der Waals surface area contributed by atoms with Gasteiger partial charge in [0.15, 0.2) is 42.8 Å². The maximum absolute atomic E-state index is 13.3. The number of hydrogen-bond acceptors (Lipinski definition) is 16. The van der Waals surface area contributed by atoms with E-state index in [2.05, 4.69) is 30.4 Å². The topological polar surface area (TPSA) is 219 Å². The molecule has 0 N–H and O–H groups in total. The number of nitrogens with zero attached hydrogens (tertiary/aromatic N) is 8. The average Bonchev–Trinajstić information content (AvgIpc) is 4.19. The van der Waals surface area contributed by atoms with Gasteiger partial charge in [0.2, 0.25) is 11.6 Å². The highest BCUT2D eigenvalue weighted by Gasteiger charge is 2.31. The van der Waals surface area contributed by atoms with Crippen molar-refractivity contribution in [2.24, 2.45) is 0 Å². The molecule has 0 spiro atoms. The molecule has 0 aliphatic carbocycles. The van der Waals surface area contributed by atoms with Crippen molar-refractivity contribution in [1.29, 1.82) is 0 Å². The fraction of sp³-hybridized carbons (Fsp3) is 0.261. The molecule has 0 fully saturated rings. The van der Waals surface area contributed by atoms with Gasteiger partial charge in [-0.3, -0.25) is 19.1 Å². The Hall–Kier alpha value is -6.74. The number of para-hydroxylation sites is 2. The second kappa shape index (κ2) is 21.5. The van der Waals surface area contributed by atoms with Crippen LogP contribution in [-0.4, -0.2) is 95.3 Å². The predicted octanol–water partition coefficient (Wildman–Crippen LogP) is 8.28. The second-order valence-corrected chi connectivity index (χ2v) is 20.8. The van der Waals surface area contributed by atoms with Gasteiger partial charge in [-0.15, -0.1) is 20.4 Å². The van der Waals surface area contributed by atoms with Gasteiger partial charge >= 0.3 is 0 Å². The molecule has 0 bridgehead atoms. The maximum Gasteiger partial charge on any atom is 0.204 e. The molecule has 6 heterocycles. The lowest BCUT2D eigenvalue weighted by atomic mass is 10.2. The minimum absolute atomic E-state index is 0.199. The monoisotopic (exact) mass is 1000 g/mol. The molecule has 8 aromatic rings. The van der Waals surface area contributed by atoms with Crippen molar-refractivity contribution in [3.05, 3.63) is 143 Å². The van der Waals surface area contributed by atoms with Crippen molar-refractivity contribution in [3.63, 3.8) is 0 Å². The molecule has 6 aromatic heterocycles. The van der Waals surface area contributed by atoms with E-state index in [0.29, 0.717) is 79.0 Å². The Kier molecular flexibility index (Phi) is 15.5. The molecule has 0 radical (unpaired) electrons. The van der Waals surface area contributed by atoms with Crippen molar-refractivity contribution in [2.45, 2.75) is 48.7 Å². The maximum atomic E-state index is 13.3. The number of methoxy groups -OCH3 is 4. The van der Waals surface area contributed by atoms with Crippen molar-refractivity contribution in [3.8, 4) is 57.5 Å². The number of ether oxygens (including phenoxy) is 4. The average molecular weight is 1010 g/mol. The van der Waals surface area contributed by atoms with E-state index in [1.54, 1.807) is 108 Å². The Morgan fingerprint density at radius 2 is 0.897 bits per heavy atom. The molecule has 0 unspecified atom stereocenters. The first-order valence-electron chi connectivity index (χ1n) is 20.7. The third-order valence-corrected chi connectivity index (χ3v) is 15.2. The van der Waals surface area contributed by atoms with Gasteiger partial charge in [-0.1, -0.05) is 35.3 Å². The fourth-order valence-corrected chi connectivity index (χ4v) is 9.80. The lowest BCUT2D eigenvalue weighted by Gasteiger charge is -2.18. The van der Waals surface area contributed by atoms with Crippen LogP contribution in [0.2, 0.25) is 10.0 Å². The molecule has 356 valence electrons.